The van der Waals surface area contributed by atoms with E-state index in [0.717, 1.165) is 21.4 Å². The summed E-state index contributed by atoms with van der Waals surface area (Å²) in [6, 6.07) is 10.8. The van der Waals surface area contributed by atoms with Gasteiger partial charge < -0.3 is 25.8 Å². The Bertz CT molecular complexity index is 1910. The lowest BCUT2D eigenvalue weighted by atomic mass is 9.94. The number of β-lactam (4-membered cyclic amide) rings is 1. The molecule has 0 saturated carbocycles. The molecule has 1 aromatic heterocycles. The fourth-order valence-electron chi connectivity index (χ4n) is 5.65. The molecule has 256 valence electrons. The number of benzene rings is 2. The summed E-state index contributed by atoms with van der Waals surface area (Å²) in [4.78, 5) is 85.9. The number of hydrogen-bond donors (Lipinski definition) is 5. The number of nitrogens with one attached hydrogen (secondary N) is 3. The van der Waals surface area contributed by atoms with Gasteiger partial charge in [-0.05, 0) is 36.3 Å². The van der Waals surface area contributed by atoms with Crippen molar-refractivity contribution in [2.24, 2.45) is 0 Å². The van der Waals surface area contributed by atoms with Gasteiger partial charge in [-0.2, -0.15) is 5.48 Å². The number of nitrogens with zero attached hydrogens (tertiary/aromatic N) is 4. The minimum atomic E-state index is -2.15. The topological polar surface area (TPSA) is 202 Å². The number of likely N-dealkylation sites (N-methyl/N-ethyl adjacent to an activating group) is 1. The van der Waals surface area contributed by atoms with Crippen LogP contribution < -0.4 is 16.1 Å². The number of thiazole rings is 1. The van der Waals surface area contributed by atoms with E-state index >= 15 is 0 Å². The number of hydrogen-bond acceptors (Lipinski definition) is 12. The molecule has 3 aliphatic rings. The number of fused-ring (bicyclic) bond motifs is 2. The first-order valence-corrected chi connectivity index (χ1v) is 18.0. The Labute approximate surface area is 296 Å². The van der Waals surface area contributed by atoms with Gasteiger partial charge in [-0.15, -0.1) is 23.1 Å². The number of hydroxylamine groups is 1. The molecule has 6 amide bonds. The Kier molecular flexibility index (Phi) is 9.88. The van der Waals surface area contributed by atoms with Crippen molar-refractivity contribution in [2.75, 3.05) is 31.1 Å². The van der Waals surface area contributed by atoms with Crippen molar-refractivity contribution in [3.05, 3.63) is 70.4 Å². The van der Waals surface area contributed by atoms with Crippen LogP contribution in [-0.2, 0) is 24.0 Å². The van der Waals surface area contributed by atoms with Crippen LogP contribution >= 0.6 is 46.5 Å². The number of urea groups is 1. The van der Waals surface area contributed by atoms with Gasteiger partial charge in [-0.3, -0.25) is 29.0 Å². The molecule has 5 N–H and O–H groups in total. The number of carboxylic acids is 1. The van der Waals surface area contributed by atoms with E-state index in [2.05, 4.69) is 15.6 Å². The summed E-state index contributed by atoms with van der Waals surface area (Å²) in [6.45, 7) is 2.01. The molecule has 6 rings (SSSR count). The van der Waals surface area contributed by atoms with Gasteiger partial charge in [-0.1, -0.05) is 53.7 Å². The van der Waals surface area contributed by atoms with Crippen LogP contribution in [0, 0.1) is 0 Å². The molecular weight excluding hydrogens is 718 g/mol. The molecule has 19 heteroatoms. The van der Waals surface area contributed by atoms with Gasteiger partial charge in [-0.25, -0.2) is 14.6 Å². The maximum absolute atomic E-state index is 13.8. The number of carbonyl (C=O) groups is 6. The number of halogens is 1. The number of carboxylic acid groups (broad SMARTS) is 1. The summed E-state index contributed by atoms with van der Waals surface area (Å²) in [5, 5.41) is 24.9. The van der Waals surface area contributed by atoms with E-state index in [1.807, 2.05) is 11.5 Å². The standard InChI is InChI=1S/C30H28ClN7O8S3/c1-2-36-10-11-37(24(41)23(36)40)28(45)33-20(15-6-4-3-5-7-15)22(39)34-30(35-46)26(44)38-21(25(42)43)16(13-47-27(30)38)14-48-29-32-18-12-17(31)8-9-19(18)49-29/h3-9,12,20,27,35,46H,2,10-11,13-14H2,1H3,(H,33,45)(H,34,39)(H,42,43)/t20?,27-,30+/m1/s1. The molecule has 2 saturated heterocycles. The van der Waals surface area contributed by atoms with Crippen molar-refractivity contribution >= 4 is 92.3 Å². The Balaban J connectivity index is 1.21. The molecule has 15 nitrogen and oxygen atoms in total. The fourth-order valence-corrected chi connectivity index (χ4v) is 9.41. The third-order valence-corrected chi connectivity index (χ3v) is 12.0. The number of rotatable bonds is 10. The first kappa shape index (κ1) is 34.7. The van der Waals surface area contributed by atoms with Gasteiger partial charge >= 0.3 is 23.8 Å². The number of carbonyl (C=O) groups excluding carboxylic acids is 5. The van der Waals surface area contributed by atoms with Crippen LogP contribution in [0.5, 0.6) is 0 Å². The first-order valence-electron chi connectivity index (χ1n) is 14.8. The summed E-state index contributed by atoms with van der Waals surface area (Å²) >= 11 is 9.93. The quantitative estimate of drug-likeness (QED) is 0.0667. The van der Waals surface area contributed by atoms with Crippen LogP contribution in [0.25, 0.3) is 10.2 Å². The number of aliphatic carboxylic acids is 1. The lowest BCUT2D eigenvalue weighted by Gasteiger charge is -2.56. The predicted molar refractivity (Wildman–Crippen MR) is 181 cm³/mol. The van der Waals surface area contributed by atoms with E-state index in [1.165, 1.54) is 40.1 Å². The van der Waals surface area contributed by atoms with Crippen LogP contribution in [0.3, 0.4) is 0 Å². The normalized spacial score (nSPS) is 21.4. The van der Waals surface area contributed by atoms with Gasteiger partial charge in [0.2, 0.25) is 11.6 Å². The molecule has 0 bridgehead atoms. The van der Waals surface area contributed by atoms with E-state index < -0.39 is 52.7 Å². The minimum Gasteiger partial charge on any atom is -0.477 e. The Morgan fingerprint density at radius 2 is 1.88 bits per heavy atom. The molecule has 3 atom stereocenters. The molecule has 49 heavy (non-hydrogen) atoms. The maximum Gasteiger partial charge on any atom is 0.352 e. The Morgan fingerprint density at radius 3 is 2.57 bits per heavy atom. The number of thioether (sulfide) groups is 2. The van der Waals surface area contributed by atoms with Crippen molar-refractivity contribution in [1.82, 2.24) is 35.8 Å². The highest BCUT2D eigenvalue weighted by molar-refractivity contribution is 8.02. The molecular formula is C30H28ClN7O8S3. The van der Waals surface area contributed by atoms with Crippen molar-refractivity contribution in [2.45, 2.75) is 28.3 Å². The van der Waals surface area contributed by atoms with Crippen molar-refractivity contribution in [1.29, 1.82) is 0 Å². The SMILES string of the molecule is CCN1CCN(C(=O)NC(C(=O)N[C@]2(NO)C(=O)N3C(C(=O)O)=C(CSc4nc5cc(Cl)ccc5s4)CS[C@@H]32)c2ccccc2)C(=O)C1=O. The highest BCUT2D eigenvalue weighted by Gasteiger charge is 2.66. The monoisotopic (exact) mass is 745 g/mol. The third kappa shape index (κ3) is 6.35. The molecule has 3 aromatic rings. The molecule has 4 heterocycles. The highest BCUT2D eigenvalue weighted by Crippen LogP contribution is 2.46. The Hall–Kier alpha value is -4.20. The summed E-state index contributed by atoms with van der Waals surface area (Å²) < 4.78 is 1.59. The van der Waals surface area contributed by atoms with Gasteiger partial charge in [0.25, 0.3) is 5.91 Å². The first-order chi connectivity index (χ1) is 23.5. The second kappa shape index (κ2) is 14.0. The maximum atomic E-state index is 13.8. The number of aromatic nitrogens is 1. The zero-order valence-electron chi connectivity index (χ0n) is 25.5. The molecule has 3 aliphatic heterocycles. The zero-order valence-corrected chi connectivity index (χ0v) is 28.7. The van der Waals surface area contributed by atoms with Gasteiger partial charge in [0.05, 0.1) is 10.2 Å². The molecule has 0 aliphatic carbocycles. The van der Waals surface area contributed by atoms with E-state index in [4.69, 9.17) is 11.6 Å². The number of amides is 6. The molecule has 0 spiro atoms. The summed E-state index contributed by atoms with van der Waals surface area (Å²) in [7, 11) is 0. The van der Waals surface area contributed by atoms with Crippen molar-refractivity contribution in [3.8, 4) is 0 Å². The minimum absolute atomic E-state index is 0.0973. The summed E-state index contributed by atoms with van der Waals surface area (Å²) in [5.41, 5.74) is 0.890. The van der Waals surface area contributed by atoms with E-state index in [1.54, 1.807) is 37.3 Å². The van der Waals surface area contributed by atoms with Crippen molar-refractivity contribution < 1.29 is 39.1 Å². The Morgan fingerprint density at radius 1 is 1.12 bits per heavy atom. The molecule has 0 radical (unpaired) electrons. The number of imide groups is 1. The van der Waals surface area contributed by atoms with Gasteiger partial charge in [0.15, 0.2) is 4.34 Å². The van der Waals surface area contributed by atoms with E-state index in [-0.39, 0.29) is 42.4 Å². The van der Waals surface area contributed by atoms with Gasteiger partial charge in [0.1, 0.15) is 17.1 Å². The van der Waals surface area contributed by atoms with Crippen LogP contribution in [0.1, 0.15) is 18.5 Å². The molecule has 2 aromatic carbocycles. The van der Waals surface area contributed by atoms with Crippen LogP contribution in [-0.4, -0.2) is 108 Å². The largest absolute Gasteiger partial charge is 0.477 e. The second-order valence-corrected chi connectivity index (χ2v) is 14.8. The average molecular weight is 746 g/mol. The third-order valence-electron chi connectivity index (χ3n) is 8.15. The average Bonchev–Trinajstić information content (AvgIpc) is 3.51. The second-order valence-electron chi connectivity index (χ2n) is 11.0. The smallest absolute Gasteiger partial charge is 0.352 e. The highest BCUT2D eigenvalue weighted by atomic mass is 35.5. The van der Waals surface area contributed by atoms with E-state index in [9.17, 15) is 39.1 Å². The molecule has 1 unspecified atom stereocenters. The molecule has 2 fully saturated rings. The zero-order chi connectivity index (χ0) is 35.0. The van der Waals surface area contributed by atoms with Crippen LogP contribution in [0.15, 0.2) is 64.1 Å². The lowest BCUT2D eigenvalue weighted by molar-refractivity contribution is -0.171. The van der Waals surface area contributed by atoms with Gasteiger partial charge in [0, 0.05) is 36.2 Å². The van der Waals surface area contributed by atoms with Crippen LogP contribution in [0.4, 0.5) is 4.79 Å². The van der Waals surface area contributed by atoms with E-state index in [0.29, 0.717) is 25.4 Å². The van der Waals surface area contributed by atoms with Crippen LogP contribution in [0.2, 0.25) is 5.02 Å². The predicted octanol–water partition coefficient (Wildman–Crippen LogP) is 2.23. The lowest BCUT2D eigenvalue weighted by Crippen LogP contribution is -2.85. The van der Waals surface area contributed by atoms with Crippen molar-refractivity contribution in [3.63, 3.8) is 0 Å². The summed E-state index contributed by atoms with van der Waals surface area (Å²) in [6.07, 6.45) is 0. The summed E-state index contributed by atoms with van der Waals surface area (Å²) in [5.74, 6) is -4.79. The number of piperazine rings is 1. The fraction of sp³-hybridized carbons (Fsp3) is 0.300.